The second-order valence-corrected chi connectivity index (χ2v) is 6.91. The summed E-state index contributed by atoms with van der Waals surface area (Å²) in [5.74, 6) is 0.657. The van der Waals surface area contributed by atoms with E-state index in [4.69, 9.17) is 4.74 Å². The highest BCUT2D eigenvalue weighted by Crippen LogP contribution is 2.25. The molecule has 0 bridgehead atoms. The zero-order chi connectivity index (χ0) is 13.9. The van der Waals surface area contributed by atoms with Gasteiger partial charge in [-0.15, -0.1) is 0 Å². The maximum Gasteiger partial charge on any atom is 0.237 e. The highest BCUT2D eigenvalue weighted by atomic mass is 32.2. The summed E-state index contributed by atoms with van der Waals surface area (Å²) in [4.78, 5) is 0. The Kier molecular flexibility index (Phi) is 4.31. The van der Waals surface area contributed by atoms with Gasteiger partial charge in [-0.3, -0.25) is 4.31 Å². The van der Waals surface area contributed by atoms with E-state index in [-0.39, 0.29) is 5.25 Å². The number of hydrogen-bond donors (Lipinski definition) is 1. The third kappa shape index (κ3) is 3.01. The molecular formula is C13H20N2O3S. The first-order valence-electron chi connectivity index (χ1n) is 6.38. The molecule has 0 atom stereocenters. The summed E-state index contributed by atoms with van der Waals surface area (Å²) in [5, 5.41) is 2.88. The number of nitrogens with zero attached hydrogens (tertiary/aromatic N) is 1. The summed E-state index contributed by atoms with van der Waals surface area (Å²) in [7, 11) is -0.129. The van der Waals surface area contributed by atoms with Gasteiger partial charge in [-0.25, -0.2) is 8.42 Å². The van der Waals surface area contributed by atoms with Gasteiger partial charge < -0.3 is 10.1 Å². The minimum atomic E-state index is -3.30. The maximum atomic E-state index is 12.5. The van der Waals surface area contributed by atoms with Crippen molar-refractivity contribution in [3.63, 3.8) is 0 Å². The third-order valence-electron chi connectivity index (χ3n) is 3.51. The number of methoxy groups -OCH3 is 1. The monoisotopic (exact) mass is 284 g/mol. The van der Waals surface area contributed by atoms with Crippen LogP contribution in [0.1, 0.15) is 12.8 Å². The molecule has 1 fully saturated rings. The highest BCUT2D eigenvalue weighted by Gasteiger charge is 2.31. The van der Waals surface area contributed by atoms with Crippen LogP contribution >= 0.6 is 0 Å². The van der Waals surface area contributed by atoms with Gasteiger partial charge in [0.1, 0.15) is 5.75 Å². The van der Waals surface area contributed by atoms with Gasteiger partial charge in [-0.2, -0.15) is 0 Å². The molecule has 0 amide bonds. The molecule has 1 saturated heterocycles. The molecule has 106 valence electrons. The molecule has 1 N–H and O–H groups in total. The number of rotatable bonds is 4. The van der Waals surface area contributed by atoms with E-state index in [9.17, 15) is 8.42 Å². The van der Waals surface area contributed by atoms with Crippen LogP contribution in [0, 0.1) is 0 Å². The van der Waals surface area contributed by atoms with Gasteiger partial charge in [0, 0.05) is 13.1 Å². The van der Waals surface area contributed by atoms with Crippen molar-refractivity contribution in [3.05, 3.63) is 24.3 Å². The number of benzene rings is 1. The fraction of sp³-hybridized carbons (Fsp3) is 0.538. The summed E-state index contributed by atoms with van der Waals surface area (Å²) >= 11 is 0. The lowest BCUT2D eigenvalue weighted by molar-refractivity contribution is 0.415. The lowest BCUT2D eigenvalue weighted by Crippen LogP contribution is -2.42. The van der Waals surface area contributed by atoms with Crippen LogP contribution in [0.5, 0.6) is 5.75 Å². The summed E-state index contributed by atoms with van der Waals surface area (Å²) in [5.41, 5.74) is 0.637. The standard InChI is InChI=1S/C13H20N2O3S/c1-15(11-4-3-5-12(10-11)18-2)19(16,17)13-6-8-14-9-7-13/h3-5,10,13-14H,6-9H2,1-2H3. The minimum absolute atomic E-state index is 0.301. The van der Waals surface area contributed by atoms with Crippen LogP contribution in [-0.4, -0.2) is 40.9 Å². The predicted octanol–water partition coefficient (Wildman–Crippen LogP) is 1.21. The number of anilines is 1. The average molecular weight is 284 g/mol. The Balaban J connectivity index is 2.23. The van der Waals surface area contributed by atoms with Crippen molar-refractivity contribution >= 4 is 15.7 Å². The van der Waals surface area contributed by atoms with Crippen LogP contribution < -0.4 is 14.4 Å². The van der Waals surface area contributed by atoms with E-state index in [0.717, 1.165) is 13.1 Å². The topological polar surface area (TPSA) is 58.6 Å². The quantitative estimate of drug-likeness (QED) is 0.903. The Morgan fingerprint density at radius 2 is 2.00 bits per heavy atom. The Bertz CT molecular complexity index is 524. The summed E-state index contributed by atoms with van der Waals surface area (Å²) in [6.45, 7) is 1.52. The normalized spacial score (nSPS) is 17.2. The molecule has 0 unspecified atom stereocenters. The summed E-state index contributed by atoms with van der Waals surface area (Å²) < 4.78 is 31.6. The largest absolute Gasteiger partial charge is 0.497 e. The van der Waals surface area contributed by atoms with Crippen LogP contribution in [0.3, 0.4) is 0 Å². The van der Waals surface area contributed by atoms with Crippen molar-refractivity contribution < 1.29 is 13.2 Å². The van der Waals surface area contributed by atoms with Gasteiger partial charge in [-0.1, -0.05) is 6.07 Å². The van der Waals surface area contributed by atoms with Crippen LogP contribution in [0.4, 0.5) is 5.69 Å². The van der Waals surface area contributed by atoms with E-state index in [0.29, 0.717) is 24.3 Å². The lowest BCUT2D eigenvalue weighted by atomic mass is 10.2. The molecule has 1 aliphatic rings. The van der Waals surface area contributed by atoms with Gasteiger partial charge >= 0.3 is 0 Å². The van der Waals surface area contributed by atoms with Crippen molar-refractivity contribution in [1.29, 1.82) is 0 Å². The molecule has 19 heavy (non-hydrogen) atoms. The van der Waals surface area contributed by atoms with E-state index in [1.807, 2.05) is 0 Å². The molecule has 0 saturated carbocycles. The fourth-order valence-electron chi connectivity index (χ4n) is 2.27. The summed E-state index contributed by atoms with van der Waals surface area (Å²) in [6, 6.07) is 7.11. The SMILES string of the molecule is COc1cccc(N(C)S(=O)(=O)C2CCNCC2)c1. The second-order valence-electron chi connectivity index (χ2n) is 4.66. The molecule has 5 nitrogen and oxygen atoms in total. The zero-order valence-corrected chi connectivity index (χ0v) is 12.1. The van der Waals surface area contributed by atoms with E-state index >= 15 is 0 Å². The third-order valence-corrected chi connectivity index (χ3v) is 5.79. The average Bonchev–Trinajstić information content (AvgIpc) is 2.47. The summed E-state index contributed by atoms with van der Waals surface area (Å²) in [6.07, 6.45) is 1.33. The lowest BCUT2D eigenvalue weighted by Gasteiger charge is -2.28. The molecule has 0 aliphatic carbocycles. The Hall–Kier alpha value is -1.27. The molecule has 1 aliphatic heterocycles. The molecule has 6 heteroatoms. The zero-order valence-electron chi connectivity index (χ0n) is 11.3. The van der Waals surface area contributed by atoms with Crippen molar-refractivity contribution in [2.45, 2.75) is 18.1 Å². The number of hydrogen-bond acceptors (Lipinski definition) is 4. The Morgan fingerprint density at radius 1 is 1.32 bits per heavy atom. The molecule has 1 heterocycles. The van der Waals surface area contributed by atoms with Crippen molar-refractivity contribution in [1.82, 2.24) is 5.32 Å². The first kappa shape index (κ1) is 14.1. The van der Waals surface area contributed by atoms with Crippen LogP contribution in [0.2, 0.25) is 0 Å². The van der Waals surface area contributed by atoms with E-state index in [2.05, 4.69) is 5.32 Å². The molecule has 0 radical (unpaired) electrons. The van der Waals surface area contributed by atoms with Crippen LogP contribution in [-0.2, 0) is 10.0 Å². The Morgan fingerprint density at radius 3 is 2.63 bits per heavy atom. The van der Waals surface area contributed by atoms with Crippen molar-refractivity contribution in [3.8, 4) is 5.75 Å². The number of piperidine rings is 1. The first-order chi connectivity index (χ1) is 9.05. The molecule has 1 aromatic rings. The Labute approximate surface area is 114 Å². The van der Waals surface area contributed by atoms with E-state index in [1.165, 1.54) is 4.31 Å². The smallest absolute Gasteiger partial charge is 0.237 e. The van der Waals surface area contributed by atoms with E-state index in [1.54, 1.807) is 38.4 Å². The van der Waals surface area contributed by atoms with Crippen LogP contribution in [0.25, 0.3) is 0 Å². The van der Waals surface area contributed by atoms with E-state index < -0.39 is 10.0 Å². The molecule has 0 spiro atoms. The van der Waals surface area contributed by atoms with Gasteiger partial charge in [0.2, 0.25) is 10.0 Å². The van der Waals surface area contributed by atoms with Gasteiger partial charge in [0.15, 0.2) is 0 Å². The van der Waals surface area contributed by atoms with Gasteiger partial charge in [0.05, 0.1) is 18.0 Å². The number of ether oxygens (including phenoxy) is 1. The maximum absolute atomic E-state index is 12.5. The fourth-order valence-corrected chi connectivity index (χ4v) is 3.96. The van der Waals surface area contributed by atoms with Gasteiger partial charge in [0.25, 0.3) is 0 Å². The van der Waals surface area contributed by atoms with Crippen molar-refractivity contribution in [2.75, 3.05) is 31.6 Å². The molecule has 1 aromatic carbocycles. The highest BCUT2D eigenvalue weighted by molar-refractivity contribution is 7.93. The number of sulfonamides is 1. The molecular weight excluding hydrogens is 264 g/mol. The van der Waals surface area contributed by atoms with Gasteiger partial charge in [-0.05, 0) is 38.1 Å². The first-order valence-corrected chi connectivity index (χ1v) is 7.88. The molecule has 0 aromatic heterocycles. The number of nitrogens with one attached hydrogen (secondary N) is 1. The molecule has 2 rings (SSSR count). The second kappa shape index (κ2) is 5.79. The predicted molar refractivity (Wildman–Crippen MR) is 76.2 cm³/mol. The minimum Gasteiger partial charge on any atom is -0.497 e. The van der Waals surface area contributed by atoms with Crippen LogP contribution in [0.15, 0.2) is 24.3 Å². The van der Waals surface area contributed by atoms with Crippen molar-refractivity contribution in [2.24, 2.45) is 0 Å².